The van der Waals surface area contributed by atoms with Gasteiger partial charge in [-0.1, -0.05) is 0 Å². The number of rotatable bonds is 6. The Labute approximate surface area is 128 Å². The minimum absolute atomic E-state index is 0.139. The topological polar surface area (TPSA) is 61.6 Å². The predicted octanol–water partition coefficient (Wildman–Crippen LogP) is 0.541. The van der Waals surface area contributed by atoms with Gasteiger partial charge in [0.05, 0.1) is 5.54 Å². The molecule has 0 radical (unpaired) electrons. The number of likely N-dealkylation sites (N-methyl/N-ethyl adjacent to an activating group) is 1. The lowest BCUT2D eigenvalue weighted by molar-refractivity contribution is -0.124. The maximum absolute atomic E-state index is 12.0. The number of likely N-dealkylation sites (tertiary alicyclic amines) is 1. The van der Waals surface area contributed by atoms with E-state index < -0.39 is 5.54 Å². The summed E-state index contributed by atoms with van der Waals surface area (Å²) in [6.07, 6.45) is 7.90. The molecule has 0 aromatic heterocycles. The molecule has 3 unspecified atom stereocenters. The average Bonchev–Trinajstić information content (AvgIpc) is 2.93. The van der Waals surface area contributed by atoms with Gasteiger partial charge in [-0.25, -0.2) is 0 Å². The van der Waals surface area contributed by atoms with Crippen LogP contribution in [0.5, 0.6) is 0 Å². The third-order valence-electron chi connectivity index (χ3n) is 5.49. The lowest BCUT2D eigenvalue weighted by atomic mass is 9.95. The minimum atomic E-state index is -0.433. The van der Waals surface area contributed by atoms with Gasteiger partial charge in [-0.15, -0.1) is 0 Å². The van der Waals surface area contributed by atoms with Crippen LogP contribution in [0, 0.1) is 0 Å². The first-order valence-electron chi connectivity index (χ1n) is 8.48. The van der Waals surface area contributed by atoms with Crippen LogP contribution in [0.15, 0.2) is 0 Å². The molecule has 3 aliphatic rings. The number of carbonyl (C=O) groups is 1. The first-order valence-corrected chi connectivity index (χ1v) is 8.48. The monoisotopic (exact) mass is 294 g/mol. The second-order valence-electron chi connectivity index (χ2n) is 7.56. The first kappa shape index (κ1) is 15.3. The van der Waals surface area contributed by atoms with Gasteiger partial charge in [-0.2, -0.15) is 0 Å². The van der Waals surface area contributed by atoms with E-state index in [0.29, 0.717) is 18.1 Å². The van der Waals surface area contributed by atoms with Crippen molar-refractivity contribution in [1.29, 1.82) is 0 Å². The zero-order valence-electron chi connectivity index (χ0n) is 13.5. The van der Waals surface area contributed by atoms with Crippen molar-refractivity contribution in [3.8, 4) is 0 Å². The van der Waals surface area contributed by atoms with Crippen molar-refractivity contribution >= 4 is 5.91 Å². The third kappa shape index (κ3) is 3.25. The summed E-state index contributed by atoms with van der Waals surface area (Å²) in [6, 6.07) is 1.71. The highest BCUT2D eigenvalue weighted by molar-refractivity contribution is 5.85. The molecule has 1 amide bonds. The Bertz CT molecular complexity index is 396. The van der Waals surface area contributed by atoms with Crippen molar-refractivity contribution < 1.29 is 4.79 Å². The Balaban J connectivity index is 1.65. The standard InChI is InChI=1S/C16H30N4O/c1-19(2)11-14-4-3-9-20(14)13-7-8-16(10-13,15(17)21)18-12-5-6-12/h12-14,18H,3-11H2,1-2H3,(H2,17,21). The molecule has 1 saturated heterocycles. The fourth-order valence-corrected chi connectivity index (χ4v) is 4.30. The summed E-state index contributed by atoms with van der Waals surface area (Å²) in [6.45, 7) is 2.30. The van der Waals surface area contributed by atoms with Gasteiger partial charge in [0.15, 0.2) is 0 Å². The van der Waals surface area contributed by atoms with E-state index in [4.69, 9.17) is 5.73 Å². The predicted molar refractivity (Wildman–Crippen MR) is 84.0 cm³/mol. The molecule has 120 valence electrons. The Morgan fingerprint density at radius 2 is 2.10 bits per heavy atom. The maximum Gasteiger partial charge on any atom is 0.237 e. The van der Waals surface area contributed by atoms with Gasteiger partial charge in [-0.3, -0.25) is 9.69 Å². The maximum atomic E-state index is 12.0. The van der Waals surface area contributed by atoms with Gasteiger partial charge in [0, 0.05) is 24.7 Å². The smallest absolute Gasteiger partial charge is 0.237 e. The summed E-state index contributed by atoms with van der Waals surface area (Å²) >= 11 is 0. The number of nitrogens with two attached hydrogens (primary N) is 1. The Kier molecular flexibility index (Phi) is 4.26. The van der Waals surface area contributed by atoms with Gasteiger partial charge < -0.3 is 16.0 Å². The number of nitrogens with zero attached hydrogens (tertiary/aromatic N) is 2. The van der Waals surface area contributed by atoms with Crippen molar-refractivity contribution in [3.63, 3.8) is 0 Å². The molecule has 1 heterocycles. The molecule has 5 heteroatoms. The number of carbonyl (C=O) groups excluding carboxylic acids is 1. The number of hydrogen-bond donors (Lipinski definition) is 2. The Hall–Kier alpha value is -0.650. The van der Waals surface area contributed by atoms with Gasteiger partial charge >= 0.3 is 0 Å². The molecule has 3 fully saturated rings. The van der Waals surface area contributed by atoms with E-state index in [-0.39, 0.29) is 5.91 Å². The van der Waals surface area contributed by atoms with Crippen LogP contribution in [0.25, 0.3) is 0 Å². The summed E-state index contributed by atoms with van der Waals surface area (Å²) < 4.78 is 0. The van der Waals surface area contributed by atoms with E-state index in [0.717, 1.165) is 25.8 Å². The van der Waals surface area contributed by atoms with E-state index in [1.165, 1.54) is 32.2 Å². The van der Waals surface area contributed by atoms with Gasteiger partial charge in [0.25, 0.3) is 0 Å². The number of nitrogens with one attached hydrogen (secondary N) is 1. The van der Waals surface area contributed by atoms with Gasteiger partial charge in [-0.05, 0) is 65.6 Å². The summed E-state index contributed by atoms with van der Waals surface area (Å²) in [5.41, 5.74) is 5.32. The van der Waals surface area contributed by atoms with E-state index >= 15 is 0 Å². The molecule has 3 N–H and O–H groups in total. The quantitative estimate of drug-likeness (QED) is 0.751. The van der Waals surface area contributed by atoms with Crippen molar-refractivity contribution in [2.24, 2.45) is 5.73 Å². The van der Waals surface area contributed by atoms with Crippen molar-refractivity contribution in [3.05, 3.63) is 0 Å². The molecular formula is C16H30N4O. The molecule has 5 nitrogen and oxygen atoms in total. The van der Waals surface area contributed by atoms with Crippen LogP contribution in [-0.4, -0.2) is 66.6 Å². The van der Waals surface area contributed by atoms with Crippen LogP contribution in [0.3, 0.4) is 0 Å². The van der Waals surface area contributed by atoms with Crippen LogP contribution in [0.4, 0.5) is 0 Å². The average molecular weight is 294 g/mol. The first-order chi connectivity index (χ1) is 10.00. The highest BCUT2D eigenvalue weighted by Gasteiger charge is 2.49. The summed E-state index contributed by atoms with van der Waals surface area (Å²) in [7, 11) is 4.29. The molecule has 0 bridgehead atoms. The van der Waals surface area contributed by atoms with Crippen molar-refractivity contribution in [2.75, 3.05) is 27.2 Å². The third-order valence-corrected chi connectivity index (χ3v) is 5.49. The van der Waals surface area contributed by atoms with E-state index in [1.807, 2.05) is 0 Å². The molecule has 1 aliphatic heterocycles. The highest BCUT2D eigenvalue weighted by Crippen LogP contribution is 2.38. The van der Waals surface area contributed by atoms with Crippen LogP contribution < -0.4 is 11.1 Å². The fraction of sp³-hybridized carbons (Fsp3) is 0.938. The van der Waals surface area contributed by atoms with Crippen LogP contribution in [-0.2, 0) is 4.79 Å². The lowest BCUT2D eigenvalue weighted by Crippen LogP contribution is -2.55. The molecule has 3 atom stereocenters. The van der Waals surface area contributed by atoms with E-state index in [9.17, 15) is 4.79 Å². The van der Waals surface area contributed by atoms with Crippen molar-refractivity contribution in [1.82, 2.24) is 15.1 Å². The fourth-order valence-electron chi connectivity index (χ4n) is 4.30. The SMILES string of the molecule is CN(C)CC1CCCN1C1CCC(NC2CC2)(C(N)=O)C1. The lowest BCUT2D eigenvalue weighted by Gasteiger charge is -2.34. The molecular weight excluding hydrogens is 264 g/mol. The second-order valence-corrected chi connectivity index (χ2v) is 7.56. The number of hydrogen-bond acceptors (Lipinski definition) is 4. The molecule has 2 aliphatic carbocycles. The summed E-state index contributed by atoms with van der Waals surface area (Å²) in [4.78, 5) is 17.0. The second kappa shape index (κ2) is 5.86. The highest BCUT2D eigenvalue weighted by atomic mass is 16.1. The van der Waals surface area contributed by atoms with Crippen LogP contribution >= 0.6 is 0 Å². The van der Waals surface area contributed by atoms with Crippen molar-refractivity contribution in [2.45, 2.75) is 68.6 Å². The van der Waals surface area contributed by atoms with E-state index in [2.05, 4.69) is 29.2 Å². The number of primary amides is 1. The van der Waals surface area contributed by atoms with Crippen LogP contribution in [0.1, 0.15) is 44.9 Å². The number of amides is 1. The Morgan fingerprint density at radius 3 is 2.71 bits per heavy atom. The summed E-state index contributed by atoms with van der Waals surface area (Å²) in [5.74, 6) is -0.139. The van der Waals surface area contributed by atoms with Gasteiger partial charge in [0.1, 0.15) is 0 Å². The Morgan fingerprint density at radius 1 is 1.33 bits per heavy atom. The van der Waals surface area contributed by atoms with Gasteiger partial charge in [0.2, 0.25) is 5.91 Å². The van der Waals surface area contributed by atoms with Crippen LogP contribution in [0.2, 0.25) is 0 Å². The molecule has 3 rings (SSSR count). The molecule has 21 heavy (non-hydrogen) atoms. The zero-order valence-corrected chi connectivity index (χ0v) is 13.5. The summed E-state index contributed by atoms with van der Waals surface area (Å²) in [5, 5.41) is 3.56. The molecule has 0 aromatic rings. The normalized spacial score (nSPS) is 37.5. The molecule has 0 aromatic carbocycles. The zero-order chi connectivity index (χ0) is 15.0. The molecule has 0 spiro atoms. The minimum Gasteiger partial charge on any atom is -0.368 e. The largest absolute Gasteiger partial charge is 0.368 e. The molecule has 2 saturated carbocycles. The van der Waals surface area contributed by atoms with E-state index in [1.54, 1.807) is 0 Å².